The molecule has 1 aromatic heterocycles. The van der Waals surface area contributed by atoms with Crippen LogP contribution < -0.4 is 0 Å². The molecule has 2 atom stereocenters. The fourth-order valence-electron chi connectivity index (χ4n) is 2.08. The highest BCUT2D eigenvalue weighted by atomic mass is 16.5. The quantitative estimate of drug-likeness (QED) is 0.810. The predicted octanol–water partition coefficient (Wildman–Crippen LogP) is 0.907. The second-order valence-corrected chi connectivity index (χ2v) is 4.28. The number of amides is 1. The van der Waals surface area contributed by atoms with E-state index in [-0.39, 0.29) is 12.0 Å². The Balaban J connectivity index is 2.03. The zero-order chi connectivity index (χ0) is 11.5. The molecule has 16 heavy (non-hydrogen) atoms. The summed E-state index contributed by atoms with van der Waals surface area (Å²) in [6, 6.07) is 0. The van der Waals surface area contributed by atoms with Gasteiger partial charge in [-0.2, -0.15) is 5.10 Å². The average Bonchev–Trinajstić information content (AvgIpc) is 2.82. The Kier molecular flexibility index (Phi) is 3.24. The summed E-state index contributed by atoms with van der Waals surface area (Å²) in [7, 11) is 1.70. The number of piperidine rings is 1. The SMILES string of the molecule is COC1CN(C(=O)c2cn[nH]c2)CCC1C. The van der Waals surface area contributed by atoms with Crippen LogP contribution in [0.5, 0.6) is 0 Å². The van der Waals surface area contributed by atoms with Crippen LogP contribution in [0.3, 0.4) is 0 Å². The van der Waals surface area contributed by atoms with Gasteiger partial charge in [-0.1, -0.05) is 6.92 Å². The molecule has 2 heterocycles. The van der Waals surface area contributed by atoms with Gasteiger partial charge in [0.05, 0.1) is 17.9 Å². The number of aromatic amines is 1. The van der Waals surface area contributed by atoms with Gasteiger partial charge in [0, 0.05) is 26.4 Å². The largest absolute Gasteiger partial charge is 0.379 e. The summed E-state index contributed by atoms with van der Waals surface area (Å²) in [5, 5.41) is 6.44. The number of nitrogens with zero attached hydrogens (tertiary/aromatic N) is 2. The van der Waals surface area contributed by atoms with Crippen LogP contribution in [0.4, 0.5) is 0 Å². The number of hydrogen-bond donors (Lipinski definition) is 1. The maximum absolute atomic E-state index is 12.0. The highest BCUT2D eigenvalue weighted by Crippen LogP contribution is 2.20. The maximum Gasteiger partial charge on any atom is 0.257 e. The molecule has 88 valence electrons. The summed E-state index contributed by atoms with van der Waals surface area (Å²) in [5.74, 6) is 0.543. The molecular formula is C11H17N3O2. The molecule has 0 bridgehead atoms. The molecular weight excluding hydrogens is 206 g/mol. The number of rotatable bonds is 2. The number of likely N-dealkylation sites (tertiary alicyclic amines) is 1. The molecule has 0 saturated carbocycles. The molecule has 1 aliphatic heterocycles. The first-order valence-electron chi connectivity index (χ1n) is 5.53. The van der Waals surface area contributed by atoms with E-state index < -0.39 is 0 Å². The molecule has 1 fully saturated rings. The molecule has 5 heteroatoms. The molecule has 1 amide bonds. The Bertz CT molecular complexity index is 350. The topological polar surface area (TPSA) is 58.2 Å². The molecule has 1 saturated heterocycles. The zero-order valence-electron chi connectivity index (χ0n) is 9.64. The van der Waals surface area contributed by atoms with Crippen molar-refractivity contribution in [1.82, 2.24) is 15.1 Å². The number of carbonyl (C=O) groups excluding carboxylic acids is 1. The number of aromatic nitrogens is 2. The van der Waals surface area contributed by atoms with Gasteiger partial charge in [-0.15, -0.1) is 0 Å². The van der Waals surface area contributed by atoms with Crippen LogP contribution in [-0.4, -0.2) is 47.3 Å². The molecule has 2 unspecified atom stereocenters. The lowest BCUT2D eigenvalue weighted by Gasteiger charge is -2.36. The van der Waals surface area contributed by atoms with Gasteiger partial charge in [-0.3, -0.25) is 9.89 Å². The molecule has 1 aromatic rings. The third kappa shape index (κ3) is 2.09. The van der Waals surface area contributed by atoms with Gasteiger partial charge in [0.15, 0.2) is 0 Å². The van der Waals surface area contributed by atoms with Crippen molar-refractivity contribution in [2.45, 2.75) is 19.4 Å². The highest BCUT2D eigenvalue weighted by molar-refractivity contribution is 5.93. The van der Waals surface area contributed by atoms with Gasteiger partial charge < -0.3 is 9.64 Å². The lowest BCUT2D eigenvalue weighted by atomic mass is 9.95. The van der Waals surface area contributed by atoms with E-state index in [0.29, 0.717) is 18.0 Å². The van der Waals surface area contributed by atoms with Crippen LogP contribution in [0.15, 0.2) is 12.4 Å². The van der Waals surface area contributed by atoms with Crippen molar-refractivity contribution >= 4 is 5.91 Å². The minimum atomic E-state index is 0.0303. The summed E-state index contributed by atoms with van der Waals surface area (Å²) in [6.07, 6.45) is 4.32. The normalized spacial score (nSPS) is 25.8. The van der Waals surface area contributed by atoms with E-state index in [1.54, 1.807) is 19.5 Å². The first kappa shape index (κ1) is 11.1. The summed E-state index contributed by atoms with van der Waals surface area (Å²) < 4.78 is 5.38. The molecule has 0 aromatic carbocycles. The van der Waals surface area contributed by atoms with Gasteiger partial charge in [0.1, 0.15) is 0 Å². The maximum atomic E-state index is 12.0. The van der Waals surface area contributed by atoms with Gasteiger partial charge in [-0.05, 0) is 12.3 Å². The van der Waals surface area contributed by atoms with Crippen molar-refractivity contribution < 1.29 is 9.53 Å². The third-order valence-electron chi connectivity index (χ3n) is 3.22. The zero-order valence-corrected chi connectivity index (χ0v) is 9.64. The molecule has 1 N–H and O–H groups in total. The van der Waals surface area contributed by atoms with Crippen LogP contribution in [0.2, 0.25) is 0 Å². The van der Waals surface area contributed by atoms with Crippen LogP contribution in [-0.2, 0) is 4.74 Å². The lowest BCUT2D eigenvalue weighted by molar-refractivity contribution is -0.00156. The summed E-state index contributed by atoms with van der Waals surface area (Å²) >= 11 is 0. The van der Waals surface area contributed by atoms with E-state index in [0.717, 1.165) is 13.0 Å². The van der Waals surface area contributed by atoms with Crippen molar-refractivity contribution in [2.75, 3.05) is 20.2 Å². The highest BCUT2D eigenvalue weighted by Gasteiger charge is 2.29. The lowest BCUT2D eigenvalue weighted by Crippen LogP contribution is -2.46. The Morgan fingerprint density at radius 1 is 1.69 bits per heavy atom. The minimum absolute atomic E-state index is 0.0303. The molecule has 0 aliphatic carbocycles. The number of nitrogens with one attached hydrogen (secondary N) is 1. The Morgan fingerprint density at radius 2 is 2.50 bits per heavy atom. The number of ether oxygens (including phenoxy) is 1. The fourth-order valence-corrected chi connectivity index (χ4v) is 2.08. The van der Waals surface area contributed by atoms with Crippen LogP contribution in [0.1, 0.15) is 23.7 Å². The van der Waals surface area contributed by atoms with Gasteiger partial charge >= 0.3 is 0 Å². The molecule has 0 spiro atoms. The van der Waals surface area contributed by atoms with Crippen molar-refractivity contribution in [3.05, 3.63) is 18.0 Å². The number of carbonyl (C=O) groups is 1. The summed E-state index contributed by atoms with van der Waals surface area (Å²) in [5.41, 5.74) is 0.615. The van der Waals surface area contributed by atoms with Crippen LogP contribution in [0.25, 0.3) is 0 Å². The number of methoxy groups -OCH3 is 1. The van der Waals surface area contributed by atoms with E-state index in [1.165, 1.54) is 0 Å². The minimum Gasteiger partial charge on any atom is -0.379 e. The first-order chi connectivity index (χ1) is 7.72. The Labute approximate surface area is 94.8 Å². The van der Waals surface area contributed by atoms with E-state index in [2.05, 4.69) is 17.1 Å². The van der Waals surface area contributed by atoms with Crippen LogP contribution >= 0.6 is 0 Å². The first-order valence-corrected chi connectivity index (χ1v) is 5.53. The molecule has 0 radical (unpaired) electrons. The van der Waals surface area contributed by atoms with Crippen molar-refractivity contribution in [3.8, 4) is 0 Å². The van der Waals surface area contributed by atoms with Crippen molar-refractivity contribution in [2.24, 2.45) is 5.92 Å². The predicted molar refractivity (Wildman–Crippen MR) is 59.1 cm³/mol. The average molecular weight is 223 g/mol. The van der Waals surface area contributed by atoms with Gasteiger partial charge in [0.2, 0.25) is 0 Å². The number of hydrogen-bond acceptors (Lipinski definition) is 3. The second-order valence-electron chi connectivity index (χ2n) is 4.28. The fraction of sp³-hybridized carbons (Fsp3) is 0.636. The summed E-state index contributed by atoms with van der Waals surface area (Å²) in [6.45, 7) is 3.63. The second kappa shape index (κ2) is 4.65. The monoisotopic (exact) mass is 223 g/mol. The van der Waals surface area contributed by atoms with E-state index >= 15 is 0 Å². The van der Waals surface area contributed by atoms with Crippen molar-refractivity contribution in [1.29, 1.82) is 0 Å². The summed E-state index contributed by atoms with van der Waals surface area (Å²) in [4.78, 5) is 13.9. The molecule has 2 rings (SSSR count). The molecule has 5 nitrogen and oxygen atoms in total. The van der Waals surface area contributed by atoms with E-state index in [1.807, 2.05) is 4.90 Å². The van der Waals surface area contributed by atoms with Gasteiger partial charge in [-0.25, -0.2) is 0 Å². The number of H-pyrrole nitrogens is 1. The smallest absolute Gasteiger partial charge is 0.257 e. The van der Waals surface area contributed by atoms with E-state index in [9.17, 15) is 4.79 Å². The van der Waals surface area contributed by atoms with Crippen LogP contribution in [0, 0.1) is 5.92 Å². The molecule has 1 aliphatic rings. The third-order valence-corrected chi connectivity index (χ3v) is 3.22. The Hall–Kier alpha value is -1.36. The standard InChI is InChI=1S/C11H17N3O2/c1-8-3-4-14(7-10(8)16-2)11(15)9-5-12-13-6-9/h5-6,8,10H,3-4,7H2,1-2H3,(H,12,13). The van der Waals surface area contributed by atoms with Gasteiger partial charge in [0.25, 0.3) is 5.91 Å². The van der Waals surface area contributed by atoms with Crippen molar-refractivity contribution in [3.63, 3.8) is 0 Å². The van der Waals surface area contributed by atoms with E-state index in [4.69, 9.17) is 4.74 Å². The Morgan fingerprint density at radius 3 is 3.12 bits per heavy atom.